The van der Waals surface area contributed by atoms with Crippen LogP contribution < -0.4 is 10.5 Å². The highest BCUT2D eigenvalue weighted by molar-refractivity contribution is 7.18. The topological polar surface area (TPSA) is 61.0 Å². The Balaban J connectivity index is 1.87. The first-order valence-electron chi connectivity index (χ1n) is 6.86. The lowest BCUT2D eigenvalue weighted by atomic mass is 9.86. The minimum Gasteiger partial charge on any atom is -0.473 e. The average molecular weight is 277 g/mol. The molecule has 4 nitrogen and oxygen atoms in total. The summed E-state index contributed by atoms with van der Waals surface area (Å²) in [6, 6.07) is 2.11. The fraction of sp³-hybridized carbons (Fsp3) is 0.571. The van der Waals surface area contributed by atoms with E-state index < -0.39 is 0 Å². The molecule has 1 aliphatic rings. The molecule has 2 unspecified atom stereocenters. The van der Waals surface area contributed by atoms with Crippen LogP contribution in [0.2, 0.25) is 0 Å². The summed E-state index contributed by atoms with van der Waals surface area (Å²) in [5, 5.41) is 1.03. The van der Waals surface area contributed by atoms with Gasteiger partial charge in [-0.25, -0.2) is 9.97 Å². The lowest BCUT2D eigenvalue weighted by molar-refractivity contribution is 0.0939. The van der Waals surface area contributed by atoms with Gasteiger partial charge >= 0.3 is 0 Å². The van der Waals surface area contributed by atoms with E-state index in [0.29, 0.717) is 12.5 Å². The Bertz CT molecular complexity index is 569. The Kier molecular flexibility index (Phi) is 3.66. The number of hydrogen-bond acceptors (Lipinski definition) is 5. The third kappa shape index (κ3) is 2.58. The molecule has 0 radical (unpaired) electrons. The zero-order valence-electron chi connectivity index (χ0n) is 11.1. The Morgan fingerprint density at radius 1 is 1.37 bits per heavy atom. The van der Waals surface area contributed by atoms with Gasteiger partial charge in [0.05, 0.1) is 5.39 Å². The van der Waals surface area contributed by atoms with Gasteiger partial charge in [-0.05, 0) is 38.8 Å². The molecule has 1 fully saturated rings. The third-order valence-corrected chi connectivity index (χ3v) is 4.78. The van der Waals surface area contributed by atoms with Crippen molar-refractivity contribution in [2.24, 2.45) is 11.7 Å². The number of rotatable bonds is 3. The number of ether oxygens (including phenoxy) is 1. The van der Waals surface area contributed by atoms with Gasteiger partial charge in [-0.15, -0.1) is 11.3 Å². The molecule has 0 aliphatic heterocycles. The molecule has 0 aromatic carbocycles. The Morgan fingerprint density at radius 2 is 2.21 bits per heavy atom. The third-order valence-electron chi connectivity index (χ3n) is 3.82. The van der Waals surface area contributed by atoms with Crippen LogP contribution in [0.15, 0.2) is 12.4 Å². The fourth-order valence-electron chi connectivity index (χ4n) is 2.79. The van der Waals surface area contributed by atoms with E-state index in [2.05, 4.69) is 23.0 Å². The number of nitrogens with zero attached hydrogens (tertiary/aromatic N) is 2. The van der Waals surface area contributed by atoms with Gasteiger partial charge in [0.1, 0.15) is 17.3 Å². The number of aryl methyl sites for hydroxylation is 1. The molecule has 1 saturated carbocycles. The smallest absolute Gasteiger partial charge is 0.225 e. The van der Waals surface area contributed by atoms with E-state index in [9.17, 15) is 0 Å². The predicted octanol–water partition coefficient (Wildman–Crippen LogP) is 2.90. The Morgan fingerprint density at radius 3 is 3.05 bits per heavy atom. The largest absolute Gasteiger partial charge is 0.473 e. The van der Waals surface area contributed by atoms with Crippen molar-refractivity contribution >= 4 is 21.6 Å². The first-order valence-corrected chi connectivity index (χ1v) is 7.67. The molecule has 2 aromatic heterocycles. The van der Waals surface area contributed by atoms with E-state index in [4.69, 9.17) is 10.5 Å². The van der Waals surface area contributed by atoms with E-state index in [1.807, 2.05) is 0 Å². The molecule has 102 valence electrons. The number of hydrogen-bond donors (Lipinski definition) is 1. The quantitative estimate of drug-likeness (QED) is 0.937. The van der Waals surface area contributed by atoms with Crippen molar-refractivity contribution < 1.29 is 4.74 Å². The van der Waals surface area contributed by atoms with Crippen LogP contribution in [0.5, 0.6) is 5.88 Å². The van der Waals surface area contributed by atoms with Crippen LogP contribution >= 0.6 is 11.3 Å². The van der Waals surface area contributed by atoms with Gasteiger partial charge in [-0.1, -0.05) is 6.42 Å². The molecule has 0 bridgehead atoms. The van der Waals surface area contributed by atoms with Crippen LogP contribution in [-0.4, -0.2) is 22.6 Å². The molecule has 0 saturated heterocycles. The molecule has 0 amide bonds. The van der Waals surface area contributed by atoms with Gasteiger partial charge in [0.25, 0.3) is 0 Å². The van der Waals surface area contributed by atoms with Crippen molar-refractivity contribution in [3.8, 4) is 5.88 Å². The van der Waals surface area contributed by atoms with Crippen LogP contribution in [0, 0.1) is 12.8 Å². The highest BCUT2D eigenvalue weighted by atomic mass is 32.1. The summed E-state index contributed by atoms with van der Waals surface area (Å²) in [4.78, 5) is 10.9. The van der Waals surface area contributed by atoms with Crippen molar-refractivity contribution in [2.75, 3.05) is 6.54 Å². The van der Waals surface area contributed by atoms with E-state index >= 15 is 0 Å². The van der Waals surface area contributed by atoms with Crippen molar-refractivity contribution in [3.05, 3.63) is 17.3 Å². The summed E-state index contributed by atoms with van der Waals surface area (Å²) in [7, 11) is 0. The molecule has 2 atom stereocenters. The van der Waals surface area contributed by atoms with Gasteiger partial charge in [0.2, 0.25) is 5.88 Å². The van der Waals surface area contributed by atoms with Gasteiger partial charge in [-0.2, -0.15) is 0 Å². The van der Waals surface area contributed by atoms with Crippen LogP contribution in [0.25, 0.3) is 10.2 Å². The Labute approximate surface area is 117 Å². The number of aromatic nitrogens is 2. The molecule has 1 aliphatic carbocycles. The molecule has 19 heavy (non-hydrogen) atoms. The lowest BCUT2D eigenvalue weighted by Crippen LogP contribution is -2.35. The molecular weight excluding hydrogens is 258 g/mol. The molecule has 0 spiro atoms. The maximum Gasteiger partial charge on any atom is 0.225 e. The van der Waals surface area contributed by atoms with Crippen molar-refractivity contribution in [3.63, 3.8) is 0 Å². The van der Waals surface area contributed by atoms with Crippen molar-refractivity contribution in [1.29, 1.82) is 0 Å². The minimum absolute atomic E-state index is 0.206. The summed E-state index contributed by atoms with van der Waals surface area (Å²) in [5.74, 6) is 1.18. The van der Waals surface area contributed by atoms with Gasteiger partial charge < -0.3 is 10.5 Å². The van der Waals surface area contributed by atoms with Crippen LogP contribution in [0.4, 0.5) is 0 Å². The average Bonchev–Trinajstić information content (AvgIpc) is 2.81. The zero-order chi connectivity index (χ0) is 13.2. The van der Waals surface area contributed by atoms with Gasteiger partial charge in [0, 0.05) is 10.8 Å². The minimum atomic E-state index is 0.206. The lowest BCUT2D eigenvalue weighted by Gasteiger charge is -2.30. The predicted molar refractivity (Wildman–Crippen MR) is 77.6 cm³/mol. The van der Waals surface area contributed by atoms with E-state index in [-0.39, 0.29) is 6.10 Å². The molecule has 2 heterocycles. The SMILES string of the molecule is Cc1cc2c(OC3CCCCC3CN)ncnc2s1. The van der Waals surface area contributed by atoms with Gasteiger partial charge in [0.15, 0.2) is 0 Å². The molecule has 5 heteroatoms. The van der Waals surface area contributed by atoms with Crippen molar-refractivity contribution in [1.82, 2.24) is 9.97 Å². The summed E-state index contributed by atoms with van der Waals surface area (Å²) >= 11 is 1.68. The summed E-state index contributed by atoms with van der Waals surface area (Å²) in [6.07, 6.45) is 6.52. The van der Waals surface area contributed by atoms with Crippen molar-refractivity contribution in [2.45, 2.75) is 38.7 Å². The summed E-state index contributed by atoms with van der Waals surface area (Å²) in [5.41, 5.74) is 5.85. The maximum absolute atomic E-state index is 6.16. The highest BCUT2D eigenvalue weighted by Crippen LogP contribution is 2.32. The van der Waals surface area contributed by atoms with Crippen LogP contribution in [-0.2, 0) is 0 Å². The summed E-state index contributed by atoms with van der Waals surface area (Å²) < 4.78 is 6.16. The fourth-order valence-corrected chi connectivity index (χ4v) is 3.63. The van der Waals surface area contributed by atoms with E-state index in [1.165, 1.54) is 17.7 Å². The molecule has 2 aromatic rings. The van der Waals surface area contributed by atoms with Gasteiger partial charge in [-0.3, -0.25) is 0 Å². The monoisotopic (exact) mass is 277 g/mol. The normalized spacial score (nSPS) is 23.7. The number of nitrogens with two attached hydrogens (primary N) is 1. The van der Waals surface area contributed by atoms with Crippen LogP contribution in [0.1, 0.15) is 30.6 Å². The second-order valence-electron chi connectivity index (χ2n) is 5.19. The number of thiophene rings is 1. The van der Waals surface area contributed by atoms with E-state index in [1.54, 1.807) is 17.7 Å². The molecular formula is C14H19N3OS. The highest BCUT2D eigenvalue weighted by Gasteiger charge is 2.26. The Hall–Kier alpha value is -1.20. The van der Waals surface area contributed by atoms with E-state index in [0.717, 1.165) is 28.9 Å². The zero-order valence-corrected chi connectivity index (χ0v) is 11.9. The number of fused-ring (bicyclic) bond motifs is 1. The second-order valence-corrected chi connectivity index (χ2v) is 6.43. The molecule has 3 rings (SSSR count). The maximum atomic E-state index is 6.16. The molecule has 2 N–H and O–H groups in total. The first-order chi connectivity index (χ1) is 9.28. The summed E-state index contributed by atoms with van der Waals surface area (Å²) in [6.45, 7) is 2.78. The standard InChI is InChI=1S/C14H19N3OS/c1-9-6-11-13(16-8-17-14(11)19-9)18-12-5-3-2-4-10(12)7-15/h6,8,10,12H,2-5,7,15H2,1H3. The first kappa shape index (κ1) is 12.8. The second kappa shape index (κ2) is 5.43. The van der Waals surface area contributed by atoms with Crippen LogP contribution in [0.3, 0.4) is 0 Å².